The molecule has 0 aliphatic carbocycles. The lowest BCUT2D eigenvalue weighted by Gasteiger charge is -2.35. The van der Waals surface area contributed by atoms with Crippen LogP contribution in [-0.4, -0.2) is 86.2 Å². The molecule has 0 aromatic heterocycles. The Labute approximate surface area is 249 Å². The van der Waals surface area contributed by atoms with Crippen LogP contribution in [0.25, 0.3) is 0 Å². The van der Waals surface area contributed by atoms with E-state index >= 15 is 0 Å². The van der Waals surface area contributed by atoms with Crippen LogP contribution >= 0.6 is 0 Å². The van der Waals surface area contributed by atoms with Crippen molar-refractivity contribution in [3.63, 3.8) is 0 Å². The topological polar surface area (TPSA) is 138 Å². The van der Waals surface area contributed by atoms with Crippen LogP contribution in [-0.2, 0) is 30.9 Å². The van der Waals surface area contributed by atoms with Crippen LogP contribution in [0.1, 0.15) is 12.0 Å². The third-order valence-corrected chi connectivity index (χ3v) is 8.89. The molecule has 0 saturated carbocycles. The van der Waals surface area contributed by atoms with Crippen molar-refractivity contribution >= 4 is 45.1 Å². The van der Waals surface area contributed by atoms with Gasteiger partial charge >= 0.3 is 6.03 Å². The standard InChI is InChI=1S/C30H31N5O7S/c1-41-18-10-17-34-28(31-23-14-7-9-16-25(23)43(34,39)40)27(29(37)32-22-13-6-8-15-24(22)42-2)35-26(36)20-33(30(35)38)19-21-11-4-3-5-12-21/h3-9,11-16,27H,10,17-20H2,1-2H3,(H,32,37). The molecule has 1 fully saturated rings. The summed E-state index contributed by atoms with van der Waals surface area (Å²) in [6.45, 7) is -0.0580. The number of fused-ring (bicyclic) bond motifs is 1. The highest BCUT2D eigenvalue weighted by Crippen LogP contribution is 2.35. The third-order valence-electron chi connectivity index (χ3n) is 7.04. The number of methoxy groups -OCH3 is 2. The van der Waals surface area contributed by atoms with E-state index < -0.39 is 33.9 Å². The molecule has 2 heterocycles. The van der Waals surface area contributed by atoms with E-state index in [2.05, 4.69) is 10.3 Å². The lowest BCUT2D eigenvalue weighted by Crippen LogP contribution is -2.58. The fourth-order valence-electron chi connectivity index (χ4n) is 5.02. The molecule has 0 spiro atoms. The maximum absolute atomic E-state index is 14.2. The highest BCUT2D eigenvalue weighted by molar-refractivity contribution is 7.90. The molecule has 0 bridgehead atoms. The highest BCUT2D eigenvalue weighted by atomic mass is 32.2. The van der Waals surface area contributed by atoms with Gasteiger partial charge in [-0.25, -0.2) is 23.1 Å². The third kappa shape index (κ3) is 5.94. The van der Waals surface area contributed by atoms with Gasteiger partial charge in [0, 0.05) is 26.8 Å². The number of benzene rings is 3. The molecule has 43 heavy (non-hydrogen) atoms. The number of nitrogens with one attached hydrogen (secondary N) is 1. The Hall–Kier alpha value is -4.75. The molecule has 2 aliphatic heterocycles. The molecular formula is C30H31N5O7S. The number of urea groups is 1. The van der Waals surface area contributed by atoms with Crippen LogP contribution in [0.3, 0.4) is 0 Å². The number of hydrogen-bond acceptors (Lipinski definition) is 8. The minimum atomic E-state index is -4.22. The first-order chi connectivity index (χ1) is 20.8. The maximum Gasteiger partial charge on any atom is 0.328 e. The minimum Gasteiger partial charge on any atom is -0.495 e. The van der Waals surface area contributed by atoms with Gasteiger partial charge in [-0.05, 0) is 36.2 Å². The van der Waals surface area contributed by atoms with Crippen LogP contribution < -0.4 is 10.1 Å². The number of amides is 4. The van der Waals surface area contributed by atoms with Gasteiger partial charge in [-0.3, -0.25) is 13.9 Å². The van der Waals surface area contributed by atoms with Crippen molar-refractivity contribution in [2.75, 3.05) is 39.2 Å². The second-order valence-corrected chi connectivity index (χ2v) is 11.7. The van der Waals surface area contributed by atoms with Crippen molar-refractivity contribution in [1.29, 1.82) is 0 Å². The van der Waals surface area contributed by atoms with Crippen LogP contribution in [0.2, 0.25) is 0 Å². The highest BCUT2D eigenvalue weighted by Gasteiger charge is 2.50. The zero-order chi connectivity index (χ0) is 30.6. The van der Waals surface area contributed by atoms with Gasteiger partial charge in [0.15, 0.2) is 11.9 Å². The van der Waals surface area contributed by atoms with Gasteiger partial charge in [-0.15, -0.1) is 0 Å². The molecule has 4 amide bonds. The first kappa shape index (κ1) is 29.7. The normalized spacial score (nSPS) is 16.5. The molecule has 12 nitrogen and oxygen atoms in total. The van der Waals surface area contributed by atoms with Crippen molar-refractivity contribution < 1.29 is 32.3 Å². The van der Waals surface area contributed by atoms with E-state index in [1.165, 1.54) is 31.3 Å². The average molecular weight is 606 g/mol. The zero-order valence-electron chi connectivity index (χ0n) is 23.7. The first-order valence-electron chi connectivity index (χ1n) is 13.5. The number of rotatable bonds is 11. The van der Waals surface area contributed by atoms with Gasteiger partial charge in [0.1, 0.15) is 17.2 Å². The molecular weight excluding hydrogens is 574 g/mol. The molecule has 13 heteroatoms. The Kier molecular flexibility index (Phi) is 8.73. The summed E-state index contributed by atoms with van der Waals surface area (Å²) in [5.41, 5.74) is 1.15. The fraction of sp³-hybridized carbons (Fsp3) is 0.267. The Morgan fingerprint density at radius 1 is 0.977 bits per heavy atom. The van der Waals surface area contributed by atoms with Gasteiger partial charge in [0.05, 0.1) is 18.5 Å². The van der Waals surface area contributed by atoms with Gasteiger partial charge in [-0.1, -0.05) is 54.6 Å². The SMILES string of the molecule is COCCCN1C(C(C(=O)Nc2ccccc2OC)N2C(=O)CN(Cc3ccccc3)C2=O)=Nc2ccccc2S1(=O)=O. The van der Waals surface area contributed by atoms with Gasteiger partial charge in [0.2, 0.25) is 0 Å². The molecule has 1 saturated heterocycles. The number of ether oxygens (including phenoxy) is 2. The Balaban J connectivity index is 1.61. The van der Waals surface area contributed by atoms with Crippen LogP contribution in [0.15, 0.2) is 88.8 Å². The summed E-state index contributed by atoms with van der Waals surface area (Å²) >= 11 is 0. The molecule has 1 atom stereocenters. The molecule has 3 aromatic carbocycles. The summed E-state index contributed by atoms with van der Waals surface area (Å²) in [6.07, 6.45) is 0.264. The summed E-state index contributed by atoms with van der Waals surface area (Å²) in [5, 5.41) is 2.72. The fourth-order valence-corrected chi connectivity index (χ4v) is 6.64. The van der Waals surface area contributed by atoms with Crippen molar-refractivity contribution in [1.82, 2.24) is 14.1 Å². The monoisotopic (exact) mass is 605 g/mol. The van der Waals surface area contributed by atoms with Crippen LogP contribution in [0.4, 0.5) is 16.2 Å². The molecule has 1 N–H and O–H groups in total. The van der Waals surface area contributed by atoms with Gasteiger partial charge < -0.3 is 19.7 Å². The molecule has 2 aliphatic rings. The van der Waals surface area contributed by atoms with E-state index in [4.69, 9.17) is 9.47 Å². The van der Waals surface area contributed by atoms with Crippen molar-refractivity contribution in [2.45, 2.75) is 23.9 Å². The van der Waals surface area contributed by atoms with E-state index in [1.54, 1.807) is 36.4 Å². The zero-order valence-corrected chi connectivity index (χ0v) is 24.5. The van der Waals surface area contributed by atoms with Gasteiger partial charge in [-0.2, -0.15) is 0 Å². The lowest BCUT2D eigenvalue weighted by atomic mass is 10.1. The number of amidine groups is 1. The van der Waals surface area contributed by atoms with Crippen molar-refractivity contribution in [3.8, 4) is 5.75 Å². The number of para-hydroxylation sites is 3. The predicted molar refractivity (Wildman–Crippen MR) is 158 cm³/mol. The smallest absolute Gasteiger partial charge is 0.328 e. The molecule has 1 unspecified atom stereocenters. The summed E-state index contributed by atoms with van der Waals surface area (Å²) in [7, 11) is -1.30. The Morgan fingerprint density at radius 2 is 1.67 bits per heavy atom. The number of sulfonamides is 1. The van der Waals surface area contributed by atoms with Crippen LogP contribution in [0.5, 0.6) is 5.75 Å². The average Bonchev–Trinajstić information content (AvgIpc) is 3.27. The Bertz CT molecular complexity index is 1660. The van der Waals surface area contributed by atoms with Gasteiger partial charge in [0.25, 0.3) is 21.8 Å². The number of anilines is 1. The second-order valence-electron chi connectivity index (χ2n) is 9.84. The van der Waals surface area contributed by atoms with Crippen molar-refractivity contribution in [3.05, 3.63) is 84.4 Å². The van der Waals surface area contributed by atoms with E-state index in [0.717, 1.165) is 14.8 Å². The van der Waals surface area contributed by atoms with E-state index in [9.17, 15) is 22.8 Å². The predicted octanol–water partition coefficient (Wildman–Crippen LogP) is 3.24. The van der Waals surface area contributed by atoms with E-state index in [1.807, 2.05) is 30.3 Å². The quantitative estimate of drug-likeness (QED) is 0.262. The Morgan fingerprint density at radius 3 is 2.42 bits per heavy atom. The molecule has 3 aromatic rings. The summed E-state index contributed by atoms with van der Waals surface area (Å²) < 4.78 is 39.4. The maximum atomic E-state index is 14.2. The number of imide groups is 1. The van der Waals surface area contributed by atoms with E-state index in [-0.39, 0.29) is 54.8 Å². The number of hydrogen-bond donors (Lipinski definition) is 1. The largest absolute Gasteiger partial charge is 0.495 e. The number of carbonyl (C=O) groups is 3. The number of carbonyl (C=O) groups excluding carboxylic acids is 3. The molecule has 224 valence electrons. The summed E-state index contributed by atoms with van der Waals surface area (Å²) in [5.74, 6) is -1.44. The number of aliphatic imine (C=N–C) groups is 1. The van der Waals surface area contributed by atoms with Crippen molar-refractivity contribution in [2.24, 2.45) is 4.99 Å². The first-order valence-corrected chi connectivity index (χ1v) is 15.0. The minimum absolute atomic E-state index is 0.0511. The molecule has 5 rings (SSSR count). The second kappa shape index (κ2) is 12.6. The lowest BCUT2D eigenvalue weighted by molar-refractivity contribution is -0.130. The van der Waals surface area contributed by atoms with Crippen LogP contribution in [0, 0.1) is 0 Å². The molecule has 0 radical (unpaired) electrons. The summed E-state index contributed by atoms with van der Waals surface area (Å²) in [6, 6.07) is 19.4. The number of nitrogens with zero attached hydrogens (tertiary/aromatic N) is 4. The summed E-state index contributed by atoms with van der Waals surface area (Å²) in [4.78, 5) is 48.2. The van der Waals surface area contributed by atoms with E-state index in [0.29, 0.717) is 5.75 Å².